The number of benzene rings is 1. The maximum Gasteiger partial charge on any atom is 0.398 e. The topological polar surface area (TPSA) is 23.6 Å². The molecule has 1 aliphatic heterocycles. The number of alkyl halides is 3. The van der Waals surface area contributed by atoms with E-state index in [9.17, 15) is 22.4 Å². The Kier molecular flexibility index (Phi) is 7.14. The number of hydrogen-bond acceptors (Lipinski definition) is 3. The third-order valence-electron chi connectivity index (χ3n) is 6.05. The number of piperazine rings is 1. The molecule has 1 saturated carbocycles. The van der Waals surface area contributed by atoms with E-state index >= 15 is 0 Å². The normalized spacial score (nSPS) is 23.0. The lowest BCUT2D eigenvalue weighted by molar-refractivity contribution is -0.133. The minimum absolute atomic E-state index is 0.0197. The van der Waals surface area contributed by atoms with Crippen molar-refractivity contribution in [3.05, 3.63) is 34.1 Å². The van der Waals surface area contributed by atoms with E-state index in [-0.39, 0.29) is 33.3 Å². The van der Waals surface area contributed by atoms with Crippen molar-refractivity contribution in [1.29, 1.82) is 0 Å². The van der Waals surface area contributed by atoms with Crippen LogP contribution in [-0.2, 0) is 4.79 Å². The van der Waals surface area contributed by atoms with E-state index in [0.29, 0.717) is 48.4 Å². The molecule has 0 aromatic heterocycles. The van der Waals surface area contributed by atoms with E-state index in [1.54, 1.807) is 22.8 Å². The number of rotatable bonds is 5. The maximum atomic E-state index is 14.6. The van der Waals surface area contributed by atoms with Crippen molar-refractivity contribution in [3.63, 3.8) is 0 Å². The van der Waals surface area contributed by atoms with Crippen LogP contribution >= 0.6 is 35.0 Å². The molecule has 0 spiro atoms. The van der Waals surface area contributed by atoms with Gasteiger partial charge in [0, 0.05) is 31.1 Å². The fourth-order valence-electron chi connectivity index (χ4n) is 4.16. The smallest absolute Gasteiger partial charge is 0.366 e. The van der Waals surface area contributed by atoms with Gasteiger partial charge < -0.3 is 9.80 Å². The van der Waals surface area contributed by atoms with Crippen molar-refractivity contribution in [2.75, 3.05) is 36.8 Å². The molecule has 0 radical (unpaired) electrons. The van der Waals surface area contributed by atoms with Gasteiger partial charge in [0.15, 0.2) is 0 Å². The Morgan fingerprint density at radius 1 is 1.23 bits per heavy atom. The zero-order valence-corrected chi connectivity index (χ0v) is 19.7. The predicted octanol–water partition coefficient (Wildman–Crippen LogP) is 6.03. The minimum Gasteiger partial charge on any atom is -0.366 e. The Bertz CT molecular complexity index is 879. The SMILES string of the molecule is Cc1cc(F)c(N2CCN(C(=O)C3C(C=C(Cl)Cl)C3(C)C)CC2)cc1SCC(F)(F)F. The number of anilines is 1. The lowest BCUT2D eigenvalue weighted by Crippen LogP contribution is -2.49. The largest absolute Gasteiger partial charge is 0.398 e. The quantitative estimate of drug-likeness (QED) is 0.365. The molecule has 2 aliphatic rings. The van der Waals surface area contributed by atoms with Crippen LogP contribution in [0.5, 0.6) is 0 Å². The molecule has 10 heteroatoms. The molecule has 2 atom stereocenters. The number of aryl methyl sites for hydroxylation is 1. The van der Waals surface area contributed by atoms with Gasteiger partial charge in [0.25, 0.3) is 0 Å². The van der Waals surface area contributed by atoms with Crippen LogP contribution in [0.1, 0.15) is 19.4 Å². The molecule has 2 fully saturated rings. The summed E-state index contributed by atoms with van der Waals surface area (Å²) in [5.41, 5.74) is 0.512. The zero-order valence-electron chi connectivity index (χ0n) is 17.4. The van der Waals surface area contributed by atoms with Crippen LogP contribution in [0.15, 0.2) is 27.6 Å². The first-order valence-corrected chi connectivity index (χ1v) is 11.6. The summed E-state index contributed by atoms with van der Waals surface area (Å²) >= 11 is 12.2. The summed E-state index contributed by atoms with van der Waals surface area (Å²) in [6.45, 7) is 7.20. The third-order valence-corrected chi connectivity index (χ3v) is 7.52. The number of carbonyl (C=O) groups excluding carboxylic acids is 1. The molecule has 1 aliphatic carbocycles. The van der Waals surface area contributed by atoms with Crippen LogP contribution < -0.4 is 4.90 Å². The lowest BCUT2D eigenvalue weighted by atomic mass is 10.1. The highest BCUT2D eigenvalue weighted by Gasteiger charge is 2.61. The van der Waals surface area contributed by atoms with Crippen molar-refractivity contribution in [1.82, 2.24) is 4.90 Å². The van der Waals surface area contributed by atoms with Gasteiger partial charge in [0.2, 0.25) is 5.91 Å². The maximum absolute atomic E-state index is 14.6. The number of thioether (sulfide) groups is 1. The molecule has 1 saturated heterocycles. The van der Waals surface area contributed by atoms with Gasteiger partial charge in [0.05, 0.1) is 17.4 Å². The molecule has 172 valence electrons. The Morgan fingerprint density at radius 2 is 1.84 bits per heavy atom. The summed E-state index contributed by atoms with van der Waals surface area (Å²) in [5.74, 6) is -1.70. The summed E-state index contributed by atoms with van der Waals surface area (Å²) in [6.07, 6.45) is -2.60. The standard InChI is InChI=1S/C21H24Cl2F4N2OS/c1-12-8-14(24)15(10-16(12)31-11-21(25,26)27)28-4-6-29(7-5-28)19(30)18-13(9-17(22)23)20(18,2)3/h8-10,13,18H,4-7,11H2,1-3H3. The molecule has 2 unspecified atom stereocenters. The summed E-state index contributed by atoms with van der Waals surface area (Å²) in [6, 6.07) is 2.75. The van der Waals surface area contributed by atoms with Crippen LogP contribution in [0.4, 0.5) is 23.2 Å². The average Bonchev–Trinajstić information content (AvgIpc) is 3.19. The molecule has 0 bridgehead atoms. The van der Waals surface area contributed by atoms with Crippen molar-refractivity contribution in [2.45, 2.75) is 31.8 Å². The fourth-order valence-corrected chi connectivity index (χ4v) is 5.23. The number of hydrogen-bond donors (Lipinski definition) is 0. The van der Waals surface area contributed by atoms with Crippen LogP contribution in [0.2, 0.25) is 0 Å². The van der Waals surface area contributed by atoms with E-state index < -0.39 is 17.7 Å². The van der Waals surface area contributed by atoms with E-state index in [1.807, 2.05) is 13.8 Å². The van der Waals surface area contributed by atoms with Gasteiger partial charge in [-0.3, -0.25) is 4.79 Å². The van der Waals surface area contributed by atoms with E-state index in [4.69, 9.17) is 23.2 Å². The zero-order chi connectivity index (χ0) is 23.1. The monoisotopic (exact) mass is 498 g/mol. The molecule has 1 aromatic rings. The van der Waals surface area contributed by atoms with Gasteiger partial charge in [0.1, 0.15) is 10.3 Å². The van der Waals surface area contributed by atoms with E-state index in [1.165, 1.54) is 12.1 Å². The van der Waals surface area contributed by atoms with Gasteiger partial charge in [-0.2, -0.15) is 13.2 Å². The second-order valence-corrected chi connectivity index (χ2v) is 10.6. The summed E-state index contributed by atoms with van der Waals surface area (Å²) in [5, 5.41) is 0. The molecule has 3 rings (SSSR count). The highest BCUT2D eigenvalue weighted by atomic mass is 35.5. The second kappa shape index (κ2) is 9.02. The molecule has 1 aromatic carbocycles. The summed E-state index contributed by atoms with van der Waals surface area (Å²) in [4.78, 5) is 16.9. The third kappa shape index (κ3) is 5.63. The number of carbonyl (C=O) groups is 1. The van der Waals surface area contributed by atoms with Crippen molar-refractivity contribution >= 4 is 46.6 Å². The summed E-state index contributed by atoms with van der Waals surface area (Å²) < 4.78 is 52.5. The van der Waals surface area contributed by atoms with Gasteiger partial charge in [-0.15, -0.1) is 11.8 Å². The van der Waals surface area contributed by atoms with E-state index in [0.717, 1.165) is 0 Å². The molecular weight excluding hydrogens is 475 g/mol. The predicted molar refractivity (Wildman–Crippen MR) is 117 cm³/mol. The average molecular weight is 499 g/mol. The highest BCUT2D eigenvalue weighted by Crippen LogP contribution is 2.60. The number of nitrogens with zero attached hydrogens (tertiary/aromatic N) is 2. The molecule has 3 nitrogen and oxygen atoms in total. The Labute approximate surface area is 193 Å². The van der Waals surface area contributed by atoms with Gasteiger partial charge >= 0.3 is 6.18 Å². The molecule has 1 amide bonds. The first-order chi connectivity index (χ1) is 14.3. The molecule has 0 N–H and O–H groups in total. The van der Waals surface area contributed by atoms with Gasteiger partial charge in [-0.05, 0) is 42.0 Å². The molecular formula is C21H24Cl2F4N2OS. The van der Waals surface area contributed by atoms with Crippen LogP contribution in [0.3, 0.4) is 0 Å². The fraction of sp³-hybridized carbons (Fsp3) is 0.571. The molecule has 31 heavy (non-hydrogen) atoms. The number of halogens is 6. The Morgan fingerprint density at radius 3 is 2.39 bits per heavy atom. The van der Waals surface area contributed by atoms with Crippen LogP contribution in [0, 0.1) is 30.0 Å². The van der Waals surface area contributed by atoms with Crippen molar-refractivity contribution < 1.29 is 22.4 Å². The lowest BCUT2D eigenvalue weighted by Gasteiger charge is -2.37. The Balaban J connectivity index is 1.66. The van der Waals surface area contributed by atoms with Crippen LogP contribution in [0.25, 0.3) is 0 Å². The van der Waals surface area contributed by atoms with Gasteiger partial charge in [-0.25, -0.2) is 4.39 Å². The first kappa shape index (κ1) is 24.5. The molecule has 1 heterocycles. The van der Waals surface area contributed by atoms with Crippen LogP contribution in [-0.4, -0.2) is 48.9 Å². The van der Waals surface area contributed by atoms with Crippen molar-refractivity contribution in [3.8, 4) is 0 Å². The number of allylic oxidation sites excluding steroid dienone is 1. The Hall–Kier alpha value is -1.12. The minimum atomic E-state index is -4.30. The highest BCUT2D eigenvalue weighted by molar-refractivity contribution is 7.99. The number of amides is 1. The second-order valence-electron chi connectivity index (χ2n) is 8.57. The van der Waals surface area contributed by atoms with E-state index in [2.05, 4.69) is 0 Å². The first-order valence-electron chi connectivity index (χ1n) is 9.87. The van der Waals surface area contributed by atoms with Crippen molar-refractivity contribution in [2.24, 2.45) is 17.3 Å². The van der Waals surface area contributed by atoms with Gasteiger partial charge in [-0.1, -0.05) is 37.0 Å². The summed E-state index contributed by atoms with van der Waals surface area (Å²) in [7, 11) is 0.